The molecule has 2 aromatic carbocycles. The van der Waals surface area contributed by atoms with E-state index in [0.29, 0.717) is 11.5 Å². The molecule has 3 aromatic rings. The Kier molecular flexibility index (Phi) is 5.46. The van der Waals surface area contributed by atoms with Gasteiger partial charge in [-0.05, 0) is 31.0 Å². The van der Waals surface area contributed by atoms with Gasteiger partial charge in [0, 0.05) is 18.8 Å². The van der Waals surface area contributed by atoms with E-state index in [1.165, 1.54) is 5.56 Å². The monoisotopic (exact) mass is 333 g/mol. The van der Waals surface area contributed by atoms with Crippen molar-refractivity contribution in [3.63, 3.8) is 0 Å². The van der Waals surface area contributed by atoms with E-state index in [1.54, 1.807) is 6.33 Å². The molecule has 5 nitrogen and oxygen atoms in total. The molecule has 0 bridgehead atoms. The average molecular weight is 333 g/mol. The van der Waals surface area contributed by atoms with Crippen molar-refractivity contribution in [1.29, 1.82) is 0 Å². The fourth-order valence-corrected chi connectivity index (χ4v) is 2.77. The molecule has 0 aliphatic heterocycles. The molecule has 1 aromatic heterocycles. The summed E-state index contributed by atoms with van der Waals surface area (Å²) in [7, 11) is 0. The predicted molar refractivity (Wildman–Crippen MR) is 104 cm³/mol. The summed E-state index contributed by atoms with van der Waals surface area (Å²) in [6.07, 6.45) is 2.47. The molecule has 0 amide bonds. The lowest BCUT2D eigenvalue weighted by Crippen LogP contribution is -2.20. The molecule has 0 spiro atoms. The van der Waals surface area contributed by atoms with Crippen molar-refractivity contribution < 1.29 is 0 Å². The van der Waals surface area contributed by atoms with Crippen molar-refractivity contribution in [2.24, 2.45) is 0 Å². The Balaban J connectivity index is 1.75. The van der Waals surface area contributed by atoms with Gasteiger partial charge in [0.25, 0.3) is 0 Å². The summed E-state index contributed by atoms with van der Waals surface area (Å²) in [5.74, 6) is 1.40. The maximum absolute atomic E-state index is 6.35. The van der Waals surface area contributed by atoms with Gasteiger partial charge in [0.05, 0.1) is 0 Å². The quantitative estimate of drug-likeness (QED) is 0.687. The van der Waals surface area contributed by atoms with Crippen LogP contribution in [0.15, 0.2) is 67.0 Å². The van der Waals surface area contributed by atoms with Crippen LogP contribution in [0.4, 0.5) is 23.0 Å². The lowest BCUT2D eigenvalue weighted by molar-refractivity contribution is 0.966. The summed E-state index contributed by atoms with van der Waals surface area (Å²) in [5.41, 5.74) is 9.26. The number of nitrogens with zero attached hydrogens (tertiary/aromatic N) is 3. The molecule has 25 heavy (non-hydrogen) atoms. The van der Waals surface area contributed by atoms with E-state index in [1.807, 2.05) is 48.5 Å². The lowest BCUT2D eigenvalue weighted by atomic mass is 10.1. The van der Waals surface area contributed by atoms with Crippen molar-refractivity contribution in [2.75, 3.05) is 29.0 Å². The molecule has 0 saturated heterocycles. The average Bonchev–Trinajstić information content (AvgIpc) is 2.67. The minimum atomic E-state index is 0.571. The van der Waals surface area contributed by atoms with Crippen LogP contribution in [-0.4, -0.2) is 23.1 Å². The van der Waals surface area contributed by atoms with Crippen LogP contribution in [0.3, 0.4) is 0 Å². The van der Waals surface area contributed by atoms with E-state index in [0.717, 1.165) is 31.0 Å². The third-order valence-electron chi connectivity index (χ3n) is 4.05. The zero-order valence-electron chi connectivity index (χ0n) is 14.4. The highest BCUT2D eigenvalue weighted by Crippen LogP contribution is 2.31. The molecule has 0 saturated carbocycles. The number of rotatable bonds is 7. The number of nitrogen functional groups attached to an aromatic ring is 1. The molecule has 0 radical (unpaired) electrons. The van der Waals surface area contributed by atoms with Gasteiger partial charge in [-0.1, -0.05) is 48.5 Å². The Labute approximate surface area is 148 Å². The van der Waals surface area contributed by atoms with E-state index in [9.17, 15) is 0 Å². The first kappa shape index (κ1) is 16.8. The van der Waals surface area contributed by atoms with E-state index >= 15 is 0 Å². The number of nitrogens with one attached hydrogen (secondary N) is 1. The van der Waals surface area contributed by atoms with Gasteiger partial charge in [0.15, 0.2) is 11.6 Å². The van der Waals surface area contributed by atoms with Crippen LogP contribution in [0, 0.1) is 0 Å². The highest BCUT2D eigenvalue weighted by Gasteiger charge is 2.15. The van der Waals surface area contributed by atoms with E-state index in [-0.39, 0.29) is 0 Å². The first-order chi connectivity index (χ1) is 12.3. The molecule has 3 rings (SSSR count). The maximum Gasteiger partial charge on any atom is 0.161 e. The number of hydrogen-bond donors (Lipinski definition) is 2. The Morgan fingerprint density at radius 1 is 0.960 bits per heavy atom. The summed E-state index contributed by atoms with van der Waals surface area (Å²) >= 11 is 0. The summed E-state index contributed by atoms with van der Waals surface area (Å²) in [4.78, 5) is 10.8. The van der Waals surface area contributed by atoms with Crippen LogP contribution < -0.4 is 16.0 Å². The van der Waals surface area contributed by atoms with Crippen LogP contribution in [0.25, 0.3) is 0 Å². The van der Waals surface area contributed by atoms with Crippen LogP contribution in [-0.2, 0) is 6.42 Å². The summed E-state index contributed by atoms with van der Waals surface area (Å²) in [5, 5.41) is 3.33. The zero-order chi connectivity index (χ0) is 17.5. The van der Waals surface area contributed by atoms with Gasteiger partial charge in [0.2, 0.25) is 0 Å². The molecule has 128 valence electrons. The largest absolute Gasteiger partial charge is 0.393 e. The number of hydrogen-bond acceptors (Lipinski definition) is 5. The Morgan fingerprint density at radius 3 is 2.32 bits per heavy atom. The highest BCUT2D eigenvalue weighted by molar-refractivity contribution is 5.79. The van der Waals surface area contributed by atoms with Crippen molar-refractivity contribution in [3.8, 4) is 0 Å². The zero-order valence-corrected chi connectivity index (χ0v) is 14.4. The van der Waals surface area contributed by atoms with Crippen molar-refractivity contribution in [2.45, 2.75) is 13.3 Å². The van der Waals surface area contributed by atoms with Gasteiger partial charge < -0.3 is 16.0 Å². The van der Waals surface area contributed by atoms with Gasteiger partial charge in [0.1, 0.15) is 12.0 Å². The minimum Gasteiger partial charge on any atom is -0.393 e. The molecular formula is C20H23N5. The SMILES string of the molecule is CCN(c1ccccc1)c1ncnc(NCCc2ccccc2)c1N. The Morgan fingerprint density at radius 2 is 1.64 bits per heavy atom. The summed E-state index contributed by atoms with van der Waals surface area (Å²) in [6.45, 7) is 3.62. The Hall–Kier alpha value is -3.08. The molecule has 5 heteroatoms. The number of para-hydroxylation sites is 1. The molecule has 0 unspecified atom stereocenters. The molecule has 0 fully saturated rings. The van der Waals surface area contributed by atoms with Gasteiger partial charge >= 0.3 is 0 Å². The van der Waals surface area contributed by atoms with Gasteiger partial charge in [-0.3, -0.25) is 0 Å². The number of anilines is 4. The standard InChI is InChI=1S/C20H23N5/c1-2-25(17-11-7-4-8-12-17)20-18(21)19(23-15-24-20)22-14-13-16-9-5-3-6-10-16/h3-12,15H,2,13-14,21H2,1H3,(H,22,23,24). The number of aromatic nitrogens is 2. The van der Waals surface area contributed by atoms with E-state index < -0.39 is 0 Å². The molecule has 1 heterocycles. The maximum atomic E-state index is 6.35. The second kappa shape index (κ2) is 8.15. The predicted octanol–water partition coefficient (Wildman–Crippen LogP) is 3.87. The molecular weight excluding hydrogens is 310 g/mol. The topological polar surface area (TPSA) is 67.1 Å². The molecule has 0 atom stereocenters. The van der Waals surface area contributed by atoms with Crippen LogP contribution in [0.5, 0.6) is 0 Å². The minimum absolute atomic E-state index is 0.571. The van der Waals surface area contributed by atoms with Crippen LogP contribution >= 0.6 is 0 Å². The van der Waals surface area contributed by atoms with Crippen molar-refractivity contribution in [1.82, 2.24) is 9.97 Å². The second-order valence-electron chi connectivity index (χ2n) is 5.70. The van der Waals surface area contributed by atoms with Gasteiger partial charge in [-0.25, -0.2) is 9.97 Å². The second-order valence-corrected chi connectivity index (χ2v) is 5.70. The fraction of sp³-hybridized carbons (Fsp3) is 0.200. The number of benzene rings is 2. The lowest BCUT2D eigenvalue weighted by Gasteiger charge is -2.24. The highest BCUT2D eigenvalue weighted by atomic mass is 15.2. The smallest absolute Gasteiger partial charge is 0.161 e. The molecule has 0 aliphatic rings. The molecule has 0 aliphatic carbocycles. The summed E-state index contributed by atoms with van der Waals surface area (Å²) < 4.78 is 0. The van der Waals surface area contributed by atoms with Crippen LogP contribution in [0.1, 0.15) is 12.5 Å². The first-order valence-electron chi connectivity index (χ1n) is 8.50. The summed E-state index contributed by atoms with van der Waals surface area (Å²) in [6, 6.07) is 20.5. The van der Waals surface area contributed by atoms with E-state index in [2.05, 4.69) is 39.2 Å². The number of nitrogens with two attached hydrogens (primary N) is 1. The third-order valence-corrected chi connectivity index (χ3v) is 4.05. The first-order valence-corrected chi connectivity index (χ1v) is 8.50. The van der Waals surface area contributed by atoms with Gasteiger partial charge in [-0.2, -0.15) is 0 Å². The Bertz CT molecular complexity index is 790. The van der Waals surface area contributed by atoms with Crippen molar-refractivity contribution in [3.05, 3.63) is 72.6 Å². The van der Waals surface area contributed by atoms with E-state index in [4.69, 9.17) is 5.73 Å². The molecule has 3 N–H and O–H groups in total. The third kappa shape index (κ3) is 4.07. The van der Waals surface area contributed by atoms with Crippen LogP contribution in [0.2, 0.25) is 0 Å². The fourth-order valence-electron chi connectivity index (χ4n) is 2.77. The van der Waals surface area contributed by atoms with Gasteiger partial charge in [-0.15, -0.1) is 0 Å². The normalized spacial score (nSPS) is 10.4. The van der Waals surface area contributed by atoms with Crippen molar-refractivity contribution >= 4 is 23.0 Å².